The summed E-state index contributed by atoms with van der Waals surface area (Å²) < 4.78 is 0. The van der Waals surface area contributed by atoms with Crippen LogP contribution in [0.25, 0.3) is 12.2 Å². The van der Waals surface area contributed by atoms with E-state index in [9.17, 15) is 0 Å². The predicted molar refractivity (Wildman–Crippen MR) is 133 cm³/mol. The SMILES string of the molecule is ClC1c2ccccc2[C@@]2(Cl)c3ccccc3[C@@H]1C21c2ccccc2C=Cc2ccccc21. The summed E-state index contributed by atoms with van der Waals surface area (Å²) in [4.78, 5) is -0.769. The number of hydrogen-bond donors (Lipinski definition) is 0. The van der Waals surface area contributed by atoms with Gasteiger partial charge < -0.3 is 0 Å². The summed E-state index contributed by atoms with van der Waals surface area (Å²) >= 11 is 15.6. The molecule has 2 bridgehead atoms. The summed E-state index contributed by atoms with van der Waals surface area (Å²) in [5, 5.41) is -0.194. The number of halogens is 2. The van der Waals surface area contributed by atoms with Crippen molar-refractivity contribution in [2.45, 2.75) is 21.6 Å². The van der Waals surface area contributed by atoms with Gasteiger partial charge in [-0.25, -0.2) is 0 Å². The van der Waals surface area contributed by atoms with Gasteiger partial charge in [-0.1, -0.05) is 109 Å². The van der Waals surface area contributed by atoms with Crippen molar-refractivity contribution in [2.75, 3.05) is 0 Å². The summed E-state index contributed by atoms with van der Waals surface area (Å²) in [7, 11) is 0. The Kier molecular flexibility index (Phi) is 3.73. The first-order chi connectivity index (χ1) is 15.7. The van der Waals surface area contributed by atoms with E-state index < -0.39 is 10.3 Å². The molecule has 1 spiro atoms. The zero-order chi connectivity index (χ0) is 21.5. The molecular formula is C30H20Cl2. The molecule has 154 valence electrons. The summed E-state index contributed by atoms with van der Waals surface area (Å²) in [6.45, 7) is 0. The van der Waals surface area contributed by atoms with Crippen LogP contribution >= 0.6 is 23.2 Å². The second-order valence-electron chi connectivity index (χ2n) is 9.03. The molecule has 7 rings (SSSR count). The Hall–Kier alpha value is -2.80. The number of hydrogen-bond acceptors (Lipinski definition) is 0. The monoisotopic (exact) mass is 450 g/mol. The van der Waals surface area contributed by atoms with Gasteiger partial charge in [0, 0.05) is 5.92 Å². The fraction of sp³-hybridized carbons (Fsp3) is 0.133. The van der Waals surface area contributed by atoms with Crippen LogP contribution < -0.4 is 0 Å². The molecule has 0 saturated heterocycles. The van der Waals surface area contributed by atoms with E-state index in [1.54, 1.807) is 0 Å². The topological polar surface area (TPSA) is 0 Å². The van der Waals surface area contributed by atoms with Crippen molar-refractivity contribution < 1.29 is 0 Å². The van der Waals surface area contributed by atoms with Gasteiger partial charge in [0.2, 0.25) is 0 Å². The summed E-state index contributed by atoms with van der Waals surface area (Å²) in [6, 6.07) is 34.6. The molecule has 0 fully saturated rings. The van der Waals surface area contributed by atoms with E-state index in [1.165, 1.54) is 33.4 Å². The molecule has 0 radical (unpaired) electrons. The molecule has 4 aromatic rings. The van der Waals surface area contributed by atoms with Crippen LogP contribution in [0.5, 0.6) is 0 Å². The Balaban J connectivity index is 1.75. The van der Waals surface area contributed by atoms with Gasteiger partial charge in [0.05, 0.1) is 10.8 Å². The second-order valence-corrected chi connectivity index (χ2v) is 10.1. The van der Waals surface area contributed by atoms with Crippen molar-refractivity contribution >= 4 is 35.4 Å². The average Bonchev–Trinajstić information content (AvgIpc) is 2.93. The third kappa shape index (κ3) is 1.98. The second kappa shape index (κ2) is 6.38. The predicted octanol–water partition coefficient (Wildman–Crippen LogP) is 8.03. The number of fused-ring (bicyclic) bond motifs is 7. The van der Waals surface area contributed by atoms with Crippen LogP contribution in [-0.4, -0.2) is 0 Å². The van der Waals surface area contributed by atoms with Crippen LogP contribution in [0.15, 0.2) is 97.1 Å². The standard InChI is InChI=1S/C30H20Cl2/c31-28-22-12-4-8-16-26(22)30(32)25-15-7-3-11-21(25)27(28)29(30)23-13-5-1-9-19(23)17-18-20-10-2-6-14-24(20)29/h1-18,27-28H/t27-,28?,30-/m0/s1. The molecule has 0 nitrogen and oxygen atoms in total. The third-order valence-corrected chi connectivity index (χ3v) is 9.00. The zero-order valence-electron chi connectivity index (χ0n) is 17.3. The minimum absolute atomic E-state index is 0.00923. The van der Waals surface area contributed by atoms with Crippen LogP contribution in [0.4, 0.5) is 0 Å². The molecule has 4 aromatic carbocycles. The molecule has 3 atom stereocenters. The first-order valence-electron chi connectivity index (χ1n) is 11.1. The Morgan fingerprint density at radius 3 is 1.56 bits per heavy atom. The van der Waals surface area contributed by atoms with Gasteiger partial charge in [-0.2, -0.15) is 0 Å². The van der Waals surface area contributed by atoms with E-state index in [1.807, 2.05) is 0 Å². The molecule has 32 heavy (non-hydrogen) atoms. The average molecular weight is 451 g/mol. The Bertz CT molecular complexity index is 1380. The highest BCUT2D eigenvalue weighted by molar-refractivity contribution is 6.30. The van der Waals surface area contributed by atoms with Crippen LogP contribution in [0.1, 0.15) is 55.8 Å². The van der Waals surface area contributed by atoms with Crippen LogP contribution in [0, 0.1) is 0 Å². The van der Waals surface area contributed by atoms with Crippen molar-refractivity contribution in [3.05, 3.63) is 142 Å². The Morgan fingerprint density at radius 2 is 0.969 bits per heavy atom. The number of benzene rings is 4. The quantitative estimate of drug-likeness (QED) is 0.238. The lowest BCUT2D eigenvalue weighted by Gasteiger charge is -2.53. The van der Waals surface area contributed by atoms with E-state index in [0.29, 0.717) is 0 Å². The highest BCUT2D eigenvalue weighted by Gasteiger charge is 2.70. The minimum atomic E-state index is -0.769. The van der Waals surface area contributed by atoms with Gasteiger partial charge in [-0.15, -0.1) is 23.2 Å². The van der Waals surface area contributed by atoms with E-state index in [2.05, 4.69) is 109 Å². The largest absolute Gasteiger partial charge is 0.117 e. The van der Waals surface area contributed by atoms with Crippen LogP contribution in [0.3, 0.4) is 0 Å². The Labute approximate surface area is 198 Å². The lowest BCUT2D eigenvalue weighted by atomic mass is 9.54. The summed E-state index contributed by atoms with van der Waals surface area (Å²) in [6.07, 6.45) is 4.47. The van der Waals surface area contributed by atoms with Crippen molar-refractivity contribution in [2.24, 2.45) is 0 Å². The molecular weight excluding hydrogens is 431 g/mol. The Morgan fingerprint density at radius 1 is 0.531 bits per heavy atom. The van der Waals surface area contributed by atoms with Crippen molar-refractivity contribution in [1.82, 2.24) is 0 Å². The number of alkyl halides is 2. The normalized spacial score (nSPS) is 25.4. The smallest absolute Gasteiger partial charge is 0.109 e. The lowest BCUT2D eigenvalue weighted by Crippen LogP contribution is -2.51. The highest BCUT2D eigenvalue weighted by Crippen LogP contribution is 2.75. The summed E-state index contributed by atoms with van der Waals surface area (Å²) in [5.74, 6) is 0.00923. The van der Waals surface area contributed by atoms with Crippen molar-refractivity contribution in [3.8, 4) is 0 Å². The molecule has 3 aliphatic rings. The third-order valence-electron chi connectivity index (χ3n) is 7.81. The van der Waals surface area contributed by atoms with E-state index in [-0.39, 0.29) is 11.3 Å². The molecule has 0 heterocycles. The first-order valence-corrected chi connectivity index (χ1v) is 11.9. The molecule has 0 N–H and O–H groups in total. The fourth-order valence-electron chi connectivity index (χ4n) is 6.74. The zero-order valence-corrected chi connectivity index (χ0v) is 18.8. The summed E-state index contributed by atoms with van der Waals surface area (Å²) in [5.41, 5.74) is 9.06. The molecule has 0 saturated carbocycles. The van der Waals surface area contributed by atoms with Gasteiger partial charge in [0.1, 0.15) is 4.87 Å². The van der Waals surface area contributed by atoms with Gasteiger partial charge in [-0.05, 0) is 44.5 Å². The van der Waals surface area contributed by atoms with E-state index in [4.69, 9.17) is 23.2 Å². The molecule has 0 aliphatic heterocycles. The molecule has 3 aliphatic carbocycles. The maximum Gasteiger partial charge on any atom is 0.109 e. The highest BCUT2D eigenvalue weighted by atomic mass is 35.5. The van der Waals surface area contributed by atoms with Gasteiger partial charge in [0.15, 0.2) is 0 Å². The van der Waals surface area contributed by atoms with Gasteiger partial charge >= 0.3 is 0 Å². The minimum Gasteiger partial charge on any atom is -0.117 e. The van der Waals surface area contributed by atoms with Crippen molar-refractivity contribution in [3.63, 3.8) is 0 Å². The molecule has 0 aromatic heterocycles. The molecule has 0 amide bonds. The molecule has 1 unspecified atom stereocenters. The number of rotatable bonds is 0. The first kappa shape index (κ1) is 18.7. The molecule has 2 heteroatoms. The van der Waals surface area contributed by atoms with E-state index in [0.717, 1.165) is 11.1 Å². The van der Waals surface area contributed by atoms with Crippen LogP contribution in [0.2, 0.25) is 0 Å². The maximum absolute atomic E-state index is 8.10. The van der Waals surface area contributed by atoms with Gasteiger partial charge in [0.25, 0.3) is 0 Å². The lowest BCUT2D eigenvalue weighted by molar-refractivity contribution is 0.339. The van der Waals surface area contributed by atoms with Crippen molar-refractivity contribution in [1.29, 1.82) is 0 Å². The fourth-order valence-corrected chi connectivity index (χ4v) is 7.92. The van der Waals surface area contributed by atoms with Gasteiger partial charge in [-0.3, -0.25) is 0 Å². The maximum atomic E-state index is 8.10. The van der Waals surface area contributed by atoms with E-state index >= 15 is 0 Å². The van der Waals surface area contributed by atoms with Crippen LogP contribution in [-0.2, 0) is 10.3 Å².